The first-order chi connectivity index (χ1) is 12.6. The molecule has 3 aromatic rings. The first-order valence-electron chi connectivity index (χ1n) is 8.85. The van der Waals surface area contributed by atoms with Crippen LogP contribution in [0.15, 0.2) is 78.9 Å². The van der Waals surface area contributed by atoms with E-state index in [9.17, 15) is 4.79 Å². The highest BCUT2D eigenvalue weighted by Gasteiger charge is 2.15. The molecule has 0 aliphatic heterocycles. The van der Waals surface area contributed by atoms with Crippen LogP contribution in [0.1, 0.15) is 28.2 Å². The first-order valence-corrected chi connectivity index (χ1v) is 8.85. The third kappa shape index (κ3) is 4.51. The molecular formula is C23H24N2O. The van der Waals surface area contributed by atoms with Crippen molar-refractivity contribution in [2.24, 2.45) is 0 Å². The van der Waals surface area contributed by atoms with Gasteiger partial charge < -0.3 is 10.6 Å². The molecule has 26 heavy (non-hydrogen) atoms. The molecule has 0 atom stereocenters. The lowest BCUT2D eigenvalue weighted by molar-refractivity contribution is 0.252. The zero-order valence-electron chi connectivity index (χ0n) is 15.2. The number of hydrogen-bond donors (Lipinski definition) is 2. The first kappa shape index (κ1) is 17.7. The molecule has 0 radical (unpaired) electrons. The molecule has 0 aromatic heterocycles. The standard InChI is InChI=1S/C23H24N2O/c1-17-13-14-21(15-18(17)2)25-23(26)24-16-22(19-9-5-3-6-10-19)20-11-7-4-8-12-20/h3-15,22H,16H2,1-2H3,(H2,24,25,26). The SMILES string of the molecule is Cc1ccc(NC(=O)NCC(c2ccccc2)c2ccccc2)cc1C. The number of hydrogen-bond acceptors (Lipinski definition) is 1. The summed E-state index contributed by atoms with van der Waals surface area (Å²) in [5.41, 5.74) is 5.55. The van der Waals surface area contributed by atoms with Crippen molar-refractivity contribution in [3.05, 3.63) is 101 Å². The highest BCUT2D eigenvalue weighted by molar-refractivity contribution is 5.89. The molecule has 0 saturated carbocycles. The van der Waals surface area contributed by atoms with Gasteiger partial charge in [-0.3, -0.25) is 0 Å². The van der Waals surface area contributed by atoms with E-state index in [4.69, 9.17) is 0 Å². The Balaban J connectivity index is 1.69. The predicted molar refractivity (Wildman–Crippen MR) is 108 cm³/mol. The van der Waals surface area contributed by atoms with Crippen molar-refractivity contribution >= 4 is 11.7 Å². The van der Waals surface area contributed by atoms with E-state index in [1.165, 1.54) is 16.7 Å². The van der Waals surface area contributed by atoms with Crippen LogP contribution in [0.5, 0.6) is 0 Å². The summed E-state index contributed by atoms with van der Waals surface area (Å²) in [5, 5.41) is 5.93. The molecule has 0 saturated heterocycles. The molecule has 0 spiro atoms. The van der Waals surface area contributed by atoms with Crippen LogP contribution >= 0.6 is 0 Å². The van der Waals surface area contributed by atoms with Crippen molar-refractivity contribution in [3.8, 4) is 0 Å². The number of carbonyl (C=O) groups is 1. The average Bonchev–Trinajstić information content (AvgIpc) is 2.67. The predicted octanol–water partition coefficient (Wildman–Crippen LogP) is 5.26. The van der Waals surface area contributed by atoms with Crippen LogP contribution in [-0.4, -0.2) is 12.6 Å². The normalized spacial score (nSPS) is 10.6. The van der Waals surface area contributed by atoms with Gasteiger partial charge in [-0.1, -0.05) is 66.7 Å². The van der Waals surface area contributed by atoms with Crippen LogP contribution in [0.4, 0.5) is 10.5 Å². The lowest BCUT2D eigenvalue weighted by atomic mass is 9.91. The molecule has 3 aromatic carbocycles. The Morgan fingerprint density at radius 2 is 1.38 bits per heavy atom. The van der Waals surface area contributed by atoms with Gasteiger partial charge in [-0.15, -0.1) is 0 Å². The van der Waals surface area contributed by atoms with Crippen molar-refractivity contribution in [2.45, 2.75) is 19.8 Å². The molecule has 0 bridgehead atoms. The van der Waals surface area contributed by atoms with E-state index in [2.05, 4.69) is 41.8 Å². The van der Waals surface area contributed by atoms with E-state index < -0.39 is 0 Å². The van der Waals surface area contributed by atoms with Crippen LogP contribution < -0.4 is 10.6 Å². The summed E-state index contributed by atoms with van der Waals surface area (Å²) in [4.78, 5) is 12.4. The molecule has 2 amide bonds. The van der Waals surface area contributed by atoms with Gasteiger partial charge in [0.2, 0.25) is 0 Å². The van der Waals surface area contributed by atoms with Crippen molar-refractivity contribution in [3.63, 3.8) is 0 Å². The minimum atomic E-state index is -0.190. The number of carbonyl (C=O) groups excluding carboxylic acids is 1. The monoisotopic (exact) mass is 344 g/mol. The van der Waals surface area contributed by atoms with Gasteiger partial charge >= 0.3 is 6.03 Å². The Bertz CT molecular complexity index is 820. The zero-order chi connectivity index (χ0) is 18.4. The van der Waals surface area contributed by atoms with Crippen molar-refractivity contribution in [1.82, 2.24) is 5.32 Å². The van der Waals surface area contributed by atoms with Gasteiger partial charge in [0.25, 0.3) is 0 Å². The van der Waals surface area contributed by atoms with Gasteiger partial charge in [0.05, 0.1) is 0 Å². The smallest absolute Gasteiger partial charge is 0.319 e. The molecule has 3 heteroatoms. The Hall–Kier alpha value is -3.07. The van der Waals surface area contributed by atoms with Crippen molar-refractivity contribution in [1.29, 1.82) is 0 Å². The lowest BCUT2D eigenvalue weighted by Gasteiger charge is -2.19. The van der Waals surface area contributed by atoms with Crippen LogP contribution in [-0.2, 0) is 0 Å². The van der Waals surface area contributed by atoms with Crippen LogP contribution in [0.25, 0.3) is 0 Å². The molecule has 0 aliphatic carbocycles. The number of aryl methyl sites for hydroxylation is 2. The highest BCUT2D eigenvalue weighted by atomic mass is 16.2. The Kier molecular flexibility index (Phi) is 5.69. The zero-order valence-corrected chi connectivity index (χ0v) is 15.2. The van der Waals surface area contributed by atoms with Crippen LogP contribution in [0.3, 0.4) is 0 Å². The van der Waals surface area contributed by atoms with Crippen LogP contribution in [0.2, 0.25) is 0 Å². The molecule has 0 heterocycles. The number of amides is 2. The lowest BCUT2D eigenvalue weighted by Crippen LogP contribution is -2.32. The number of nitrogens with one attached hydrogen (secondary N) is 2. The molecular weight excluding hydrogens is 320 g/mol. The Morgan fingerprint density at radius 1 is 0.808 bits per heavy atom. The van der Waals surface area contributed by atoms with E-state index in [-0.39, 0.29) is 11.9 Å². The summed E-state index contributed by atoms with van der Waals surface area (Å²) >= 11 is 0. The van der Waals surface area contributed by atoms with Crippen molar-refractivity contribution in [2.75, 3.05) is 11.9 Å². The maximum absolute atomic E-state index is 12.4. The second kappa shape index (κ2) is 8.34. The largest absolute Gasteiger partial charge is 0.337 e. The summed E-state index contributed by atoms with van der Waals surface area (Å²) in [6.07, 6.45) is 0. The number of benzene rings is 3. The maximum Gasteiger partial charge on any atom is 0.319 e. The second-order valence-electron chi connectivity index (χ2n) is 6.51. The highest BCUT2D eigenvalue weighted by Crippen LogP contribution is 2.23. The average molecular weight is 344 g/mol. The summed E-state index contributed by atoms with van der Waals surface area (Å²) in [7, 11) is 0. The quantitative estimate of drug-likeness (QED) is 0.651. The maximum atomic E-state index is 12.4. The fourth-order valence-corrected chi connectivity index (χ4v) is 2.99. The van der Waals surface area contributed by atoms with Gasteiger partial charge in [-0.05, 0) is 48.2 Å². The van der Waals surface area contributed by atoms with Gasteiger partial charge in [0.15, 0.2) is 0 Å². The fraction of sp³-hybridized carbons (Fsp3) is 0.174. The van der Waals surface area contributed by atoms with E-state index in [1.54, 1.807) is 0 Å². The van der Waals surface area contributed by atoms with Gasteiger partial charge in [0.1, 0.15) is 0 Å². The summed E-state index contributed by atoms with van der Waals surface area (Å²) in [5.74, 6) is 0.114. The molecule has 132 valence electrons. The van der Waals surface area contributed by atoms with Gasteiger partial charge in [-0.25, -0.2) is 4.79 Å². The molecule has 3 rings (SSSR count). The van der Waals surface area contributed by atoms with E-state index in [0.29, 0.717) is 6.54 Å². The summed E-state index contributed by atoms with van der Waals surface area (Å²) < 4.78 is 0. The minimum absolute atomic E-state index is 0.114. The molecule has 0 aliphatic rings. The molecule has 2 N–H and O–H groups in total. The fourth-order valence-electron chi connectivity index (χ4n) is 2.99. The number of rotatable bonds is 5. The molecule has 0 unspecified atom stereocenters. The summed E-state index contributed by atoms with van der Waals surface area (Å²) in [6, 6.07) is 26.3. The topological polar surface area (TPSA) is 41.1 Å². The molecule has 3 nitrogen and oxygen atoms in total. The Labute approximate surface area is 155 Å². The van der Waals surface area contributed by atoms with E-state index >= 15 is 0 Å². The second-order valence-corrected chi connectivity index (χ2v) is 6.51. The van der Waals surface area contributed by atoms with E-state index in [1.807, 2.05) is 61.5 Å². The molecule has 0 fully saturated rings. The minimum Gasteiger partial charge on any atom is -0.337 e. The third-order valence-electron chi connectivity index (χ3n) is 4.64. The summed E-state index contributed by atoms with van der Waals surface area (Å²) in [6.45, 7) is 4.63. The number of anilines is 1. The van der Waals surface area contributed by atoms with Gasteiger partial charge in [0, 0.05) is 18.2 Å². The van der Waals surface area contributed by atoms with Crippen molar-refractivity contribution < 1.29 is 4.79 Å². The van der Waals surface area contributed by atoms with Crippen LogP contribution in [0, 0.1) is 13.8 Å². The number of urea groups is 1. The third-order valence-corrected chi connectivity index (χ3v) is 4.64. The van der Waals surface area contributed by atoms with E-state index in [0.717, 1.165) is 11.3 Å². The van der Waals surface area contributed by atoms with Gasteiger partial charge in [-0.2, -0.15) is 0 Å². The Morgan fingerprint density at radius 3 is 1.92 bits per heavy atom.